The van der Waals surface area contributed by atoms with E-state index in [4.69, 9.17) is 0 Å². The van der Waals surface area contributed by atoms with Crippen molar-refractivity contribution in [3.8, 4) is 0 Å². The smallest absolute Gasteiger partial charge is 0.297 e. The van der Waals surface area contributed by atoms with E-state index in [1.54, 1.807) is 20.9 Å². The number of fused-ring (bicyclic) bond motifs is 1. The Morgan fingerprint density at radius 3 is 2.47 bits per heavy atom. The molecule has 2 heterocycles. The number of imide groups is 1. The van der Waals surface area contributed by atoms with Gasteiger partial charge in [-0.2, -0.15) is 0 Å². The average molecular weight is 208 g/mol. The van der Waals surface area contributed by atoms with Gasteiger partial charge in [-0.3, -0.25) is 14.6 Å². The molecule has 0 bridgehead atoms. The molecule has 0 N–H and O–H groups in total. The van der Waals surface area contributed by atoms with E-state index in [1.165, 1.54) is 11.9 Å². The van der Waals surface area contributed by atoms with Gasteiger partial charge in [0.25, 0.3) is 5.91 Å². The van der Waals surface area contributed by atoms with Gasteiger partial charge < -0.3 is 0 Å². The zero-order valence-electron chi connectivity index (χ0n) is 9.11. The first-order valence-electron chi connectivity index (χ1n) is 4.59. The Balaban J connectivity index is 2.56. The number of rotatable bonds is 0. The second kappa shape index (κ2) is 2.65. The second-order valence-electron chi connectivity index (χ2n) is 3.85. The molecule has 15 heavy (non-hydrogen) atoms. The first-order chi connectivity index (χ1) is 6.88. The SMILES string of the molecule is CC1=NC2(C)C(=N1)C(=O)N(C)C(=O)N2C. The fourth-order valence-corrected chi connectivity index (χ4v) is 1.80. The van der Waals surface area contributed by atoms with E-state index in [0.29, 0.717) is 11.5 Å². The Hall–Kier alpha value is -1.72. The topological polar surface area (TPSA) is 65.3 Å². The number of hydrogen-bond acceptors (Lipinski definition) is 4. The number of carbonyl (C=O) groups is 2. The molecule has 80 valence electrons. The van der Waals surface area contributed by atoms with Crippen molar-refractivity contribution in [3.63, 3.8) is 0 Å². The van der Waals surface area contributed by atoms with Crippen molar-refractivity contribution >= 4 is 23.5 Å². The van der Waals surface area contributed by atoms with Gasteiger partial charge in [-0.15, -0.1) is 0 Å². The molecule has 6 nitrogen and oxygen atoms in total. The molecule has 0 saturated carbocycles. The highest BCUT2D eigenvalue weighted by molar-refractivity contribution is 6.48. The first-order valence-corrected chi connectivity index (χ1v) is 4.59. The molecule has 0 spiro atoms. The van der Waals surface area contributed by atoms with Crippen LogP contribution in [-0.2, 0) is 4.79 Å². The minimum absolute atomic E-state index is 0.310. The molecule has 2 aliphatic rings. The predicted octanol–water partition coefficient (Wildman–Crippen LogP) is 0.0994. The highest BCUT2D eigenvalue weighted by atomic mass is 16.2. The molecule has 6 heteroatoms. The summed E-state index contributed by atoms with van der Waals surface area (Å²) in [6.07, 6.45) is 0. The summed E-state index contributed by atoms with van der Waals surface area (Å²) in [5.74, 6) is 0.150. The van der Waals surface area contributed by atoms with Crippen molar-refractivity contribution in [2.45, 2.75) is 19.5 Å². The minimum atomic E-state index is -0.926. The second-order valence-corrected chi connectivity index (χ2v) is 3.85. The highest BCUT2D eigenvalue weighted by Gasteiger charge is 2.51. The van der Waals surface area contributed by atoms with Crippen LogP contribution >= 0.6 is 0 Å². The van der Waals surface area contributed by atoms with Crippen molar-refractivity contribution in [3.05, 3.63) is 0 Å². The molecule has 0 aromatic heterocycles. The van der Waals surface area contributed by atoms with Crippen molar-refractivity contribution in [1.29, 1.82) is 0 Å². The predicted molar refractivity (Wildman–Crippen MR) is 54.9 cm³/mol. The van der Waals surface area contributed by atoms with Crippen molar-refractivity contribution < 1.29 is 9.59 Å². The van der Waals surface area contributed by atoms with Gasteiger partial charge >= 0.3 is 6.03 Å². The van der Waals surface area contributed by atoms with Crippen LogP contribution in [0.4, 0.5) is 4.79 Å². The summed E-state index contributed by atoms with van der Waals surface area (Å²) in [6.45, 7) is 3.42. The largest absolute Gasteiger partial charge is 0.328 e. The third kappa shape index (κ3) is 1.04. The van der Waals surface area contributed by atoms with Gasteiger partial charge in [0, 0.05) is 14.1 Å². The van der Waals surface area contributed by atoms with Crippen LogP contribution in [-0.4, -0.2) is 53.0 Å². The summed E-state index contributed by atoms with van der Waals surface area (Å²) in [5, 5.41) is 0. The summed E-state index contributed by atoms with van der Waals surface area (Å²) in [7, 11) is 3.06. The Morgan fingerprint density at radius 2 is 1.87 bits per heavy atom. The minimum Gasteiger partial charge on any atom is -0.297 e. The fourth-order valence-electron chi connectivity index (χ4n) is 1.80. The van der Waals surface area contributed by atoms with Crippen LogP contribution in [0.5, 0.6) is 0 Å². The number of amidine groups is 1. The Bertz CT molecular complexity index is 426. The van der Waals surface area contributed by atoms with E-state index in [-0.39, 0.29) is 11.9 Å². The summed E-state index contributed by atoms with van der Waals surface area (Å²) in [6, 6.07) is -0.361. The maximum Gasteiger partial charge on any atom is 0.328 e. The highest BCUT2D eigenvalue weighted by Crippen LogP contribution is 2.28. The zero-order valence-corrected chi connectivity index (χ0v) is 9.11. The molecule has 0 aliphatic carbocycles. The lowest BCUT2D eigenvalue weighted by molar-refractivity contribution is -0.122. The van der Waals surface area contributed by atoms with E-state index in [1.807, 2.05) is 0 Å². The van der Waals surface area contributed by atoms with Crippen LogP contribution in [0.1, 0.15) is 13.8 Å². The van der Waals surface area contributed by atoms with Crippen molar-refractivity contribution in [1.82, 2.24) is 9.80 Å². The fraction of sp³-hybridized carbons (Fsp3) is 0.556. The van der Waals surface area contributed by atoms with Crippen LogP contribution in [0.3, 0.4) is 0 Å². The molecular formula is C9H12N4O2. The quantitative estimate of drug-likeness (QED) is 0.566. The van der Waals surface area contributed by atoms with Gasteiger partial charge in [0.1, 0.15) is 5.84 Å². The lowest BCUT2D eigenvalue weighted by atomic mass is 10.0. The normalized spacial score (nSPS) is 30.4. The van der Waals surface area contributed by atoms with Crippen molar-refractivity contribution in [2.75, 3.05) is 14.1 Å². The van der Waals surface area contributed by atoms with E-state index >= 15 is 0 Å². The Morgan fingerprint density at radius 1 is 1.27 bits per heavy atom. The molecule has 0 aromatic carbocycles. The van der Waals surface area contributed by atoms with Crippen molar-refractivity contribution in [2.24, 2.45) is 9.98 Å². The van der Waals surface area contributed by atoms with Gasteiger partial charge in [-0.05, 0) is 13.8 Å². The molecule has 1 saturated heterocycles. The third-order valence-corrected chi connectivity index (χ3v) is 2.84. The van der Waals surface area contributed by atoms with Gasteiger partial charge in [-0.25, -0.2) is 14.8 Å². The van der Waals surface area contributed by atoms with E-state index in [0.717, 1.165) is 4.90 Å². The zero-order chi connectivity index (χ0) is 11.4. The number of aliphatic imine (C=N–C) groups is 2. The van der Waals surface area contributed by atoms with Gasteiger partial charge in [0.2, 0.25) is 0 Å². The first kappa shape index (κ1) is 9.82. The van der Waals surface area contributed by atoms with E-state index in [2.05, 4.69) is 9.98 Å². The van der Waals surface area contributed by atoms with E-state index < -0.39 is 5.66 Å². The van der Waals surface area contributed by atoms with Crippen LogP contribution in [0.2, 0.25) is 0 Å². The average Bonchev–Trinajstić information content (AvgIpc) is 2.49. The summed E-state index contributed by atoms with van der Waals surface area (Å²) in [5.41, 5.74) is -0.616. The maximum absolute atomic E-state index is 11.8. The Kier molecular flexibility index (Phi) is 1.74. The van der Waals surface area contributed by atoms with Gasteiger partial charge in [0.05, 0.1) is 0 Å². The molecule has 1 fully saturated rings. The van der Waals surface area contributed by atoms with E-state index in [9.17, 15) is 9.59 Å². The number of nitrogens with zero attached hydrogens (tertiary/aromatic N) is 4. The third-order valence-electron chi connectivity index (χ3n) is 2.84. The molecule has 0 radical (unpaired) electrons. The molecule has 2 aliphatic heterocycles. The van der Waals surface area contributed by atoms with Crippen LogP contribution in [0.15, 0.2) is 9.98 Å². The maximum atomic E-state index is 11.8. The lowest BCUT2D eigenvalue weighted by Gasteiger charge is -2.40. The molecule has 1 atom stereocenters. The molecule has 3 amide bonds. The van der Waals surface area contributed by atoms with Crippen LogP contribution < -0.4 is 0 Å². The Labute approximate surface area is 87.3 Å². The number of carbonyl (C=O) groups excluding carboxylic acids is 2. The molecule has 1 unspecified atom stereocenters. The number of urea groups is 1. The van der Waals surface area contributed by atoms with Gasteiger partial charge in [-0.1, -0.05) is 0 Å². The van der Waals surface area contributed by atoms with Crippen LogP contribution in [0.25, 0.3) is 0 Å². The standard InChI is InChI=1S/C9H12N4O2/c1-5-10-6-7(14)12(3)8(15)13(4)9(6,2)11-5/h1-4H3. The molecule has 0 aromatic rings. The number of amides is 3. The molecular weight excluding hydrogens is 196 g/mol. The lowest BCUT2D eigenvalue weighted by Crippen LogP contribution is -2.64. The summed E-state index contributed by atoms with van der Waals surface area (Å²) < 4.78 is 0. The number of hydrogen-bond donors (Lipinski definition) is 0. The molecule has 2 rings (SSSR count). The monoisotopic (exact) mass is 208 g/mol. The summed E-state index contributed by atoms with van der Waals surface area (Å²) in [4.78, 5) is 34.3. The van der Waals surface area contributed by atoms with Gasteiger partial charge in [0.15, 0.2) is 11.4 Å². The van der Waals surface area contributed by atoms with Crippen LogP contribution in [0, 0.1) is 0 Å². The summed E-state index contributed by atoms with van der Waals surface area (Å²) >= 11 is 0.